The Morgan fingerprint density at radius 3 is 2.48 bits per heavy atom. The number of carbonyl (C=O) groups is 1. The van der Waals surface area contributed by atoms with Crippen molar-refractivity contribution >= 4 is 27.5 Å². The van der Waals surface area contributed by atoms with E-state index in [1.54, 1.807) is 27.7 Å². The topological polar surface area (TPSA) is 146 Å². The zero-order valence-electron chi connectivity index (χ0n) is 25.6. The van der Waals surface area contributed by atoms with E-state index in [1.807, 2.05) is 6.07 Å². The number of fused-ring (bicyclic) bond motifs is 1. The average molecular weight is 627 g/mol. The smallest absolute Gasteiger partial charge is 0.333 e. The van der Waals surface area contributed by atoms with E-state index in [-0.39, 0.29) is 45.7 Å². The van der Waals surface area contributed by atoms with Crippen molar-refractivity contribution in [2.45, 2.75) is 84.3 Å². The number of hydrogen-bond donors (Lipinski definition) is 0. The molecular formula is C31H35FN4O7S. The lowest BCUT2D eigenvalue weighted by Gasteiger charge is -2.31. The van der Waals surface area contributed by atoms with Crippen LogP contribution in [0.2, 0.25) is 0 Å². The fourth-order valence-corrected chi connectivity index (χ4v) is 6.14. The zero-order valence-corrected chi connectivity index (χ0v) is 26.4. The predicted octanol–water partition coefficient (Wildman–Crippen LogP) is 4.46. The second-order valence-corrected chi connectivity index (χ2v) is 13.0. The lowest BCUT2D eigenvalue weighted by molar-refractivity contribution is -0.164. The van der Waals surface area contributed by atoms with E-state index in [1.165, 1.54) is 36.6 Å². The van der Waals surface area contributed by atoms with Crippen LogP contribution in [0.15, 0.2) is 27.8 Å². The molecule has 1 aromatic carbocycles. The summed E-state index contributed by atoms with van der Waals surface area (Å²) in [5.41, 5.74) is -3.59. The molecule has 234 valence electrons. The van der Waals surface area contributed by atoms with Crippen LogP contribution in [0.4, 0.5) is 4.39 Å². The van der Waals surface area contributed by atoms with Gasteiger partial charge >= 0.3 is 11.7 Å². The molecule has 2 aromatic heterocycles. The molecule has 0 aliphatic carbocycles. The van der Waals surface area contributed by atoms with Crippen LogP contribution in [0.5, 0.6) is 5.75 Å². The first-order chi connectivity index (χ1) is 20.7. The maximum atomic E-state index is 14.7. The van der Waals surface area contributed by atoms with Crippen LogP contribution < -0.4 is 16.0 Å². The largest absolute Gasteiger partial charge is 0.478 e. The van der Waals surface area contributed by atoms with Gasteiger partial charge in [-0.15, -0.1) is 11.3 Å². The monoisotopic (exact) mass is 626 g/mol. The molecule has 3 heterocycles. The molecule has 1 atom stereocenters. The van der Waals surface area contributed by atoms with Gasteiger partial charge in [0, 0.05) is 18.8 Å². The molecule has 4 rings (SSSR count). The molecular weight excluding hydrogens is 591 g/mol. The minimum Gasteiger partial charge on any atom is -0.478 e. The number of rotatable bonds is 9. The summed E-state index contributed by atoms with van der Waals surface area (Å²) in [6.07, 6.45) is -0.207. The average Bonchev–Trinajstić information content (AvgIpc) is 3.29. The van der Waals surface area contributed by atoms with Crippen LogP contribution in [-0.4, -0.2) is 46.6 Å². The van der Waals surface area contributed by atoms with Gasteiger partial charge in [-0.3, -0.25) is 9.36 Å². The number of esters is 1. The third-order valence-corrected chi connectivity index (χ3v) is 8.48. The van der Waals surface area contributed by atoms with E-state index in [9.17, 15) is 24.0 Å². The van der Waals surface area contributed by atoms with Crippen molar-refractivity contribution in [1.82, 2.24) is 9.13 Å². The minimum atomic E-state index is -1.74. The highest BCUT2D eigenvalue weighted by Crippen LogP contribution is 2.35. The summed E-state index contributed by atoms with van der Waals surface area (Å²) >= 11 is 0.969. The van der Waals surface area contributed by atoms with Crippen LogP contribution in [0.25, 0.3) is 10.2 Å². The van der Waals surface area contributed by atoms with Gasteiger partial charge in [-0.25, -0.2) is 18.5 Å². The summed E-state index contributed by atoms with van der Waals surface area (Å²) in [5.74, 6) is -1.19. The number of aryl methyl sites for hydroxylation is 1. The van der Waals surface area contributed by atoms with E-state index >= 15 is 0 Å². The van der Waals surface area contributed by atoms with Crippen molar-refractivity contribution in [3.63, 3.8) is 0 Å². The highest BCUT2D eigenvalue weighted by atomic mass is 32.1. The number of nitrogens with zero attached hydrogens (tertiary/aromatic N) is 4. The molecule has 0 spiro atoms. The van der Waals surface area contributed by atoms with Crippen molar-refractivity contribution in [3.8, 4) is 17.9 Å². The van der Waals surface area contributed by atoms with Gasteiger partial charge in [0.25, 0.3) is 5.56 Å². The summed E-state index contributed by atoms with van der Waals surface area (Å²) in [7, 11) is 0. The molecule has 0 amide bonds. The molecule has 3 aromatic rings. The number of aromatic nitrogens is 2. The quantitative estimate of drug-likeness (QED) is 0.314. The van der Waals surface area contributed by atoms with Gasteiger partial charge in [0.1, 0.15) is 50.7 Å². The van der Waals surface area contributed by atoms with Gasteiger partial charge in [0.05, 0.1) is 18.0 Å². The molecule has 1 fully saturated rings. The fraction of sp³-hybridized carbons (Fsp3) is 0.516. The van der Waals surface area contributed by atoms with E-state index in [4.69, 9.17) is 24.2 Å². The Morgan fingerprint density at radius 2 is 1.86 bits per heavy atom. The van der Waals surface area contributed by atoms with Gasteiger partial charge in [0.15, 0.2) is 6.61 Å². The molecule has 0 bridgehead atoms. The van der Waals surface area contributed by atoms with Crippen molar-refractivity contribution < 1.29 is 28.1 Å². The highest BCUT2D eigenvalue weighted by Gasteiger charge is 2.39. The van der Waals surface area contributed by atoms with Gasteiger partial charge in [-0.2, -0.15) is 10.5 Å². The third-order valence-electron chi connectivity index (χ3n) is 7.26. The number of benzene rings is 1. The van der Waals surface area contributed by atoms with Gasteiger partial charge < -0.3 is 18.9 Å². The number of halogens is 1. The molecule has 1 unspecified atom stereocenters. The fourth-order valence-electron chi connectivity index (χ4n) is 5.04. The number of ether oxygens (including phenoxy) is 4. The van der Waals surface area contributed by atoms with Crippen LogP contribution in [0.3, 0.4) is 0 Å². The minimum absolute atomic E-state index is 0.104. The first-order valence-electron chi connectivity index (χ1n) is 14.1. The van der Waals surface area contributed by atoms with Crippen molar-refractivity contribution in [3.05, 3.63) is 60.9 Å². The summed E-state index contributed by atoms with van der Waals surface area (Å²) in [5, 5.41) is 19.0. The van der Waals surface area contributed by atoms with Crippen LogP contribution in [0, 0.1) is 35.4 Å². The van der Waals surface area contributed by atoms with Crippen LogP contribution >= 0.6 is 11.3 Å². The Morgan fingerprint density at radius 1 is 1.18 bits per heavy atom. The molecule has 11 nitrogen and oxygen atoms in total. The number of nitriles is 2. The Kier molecular flexibility index (Phi) is 9.64. The first-order valence-corrected chi connectivity index (χ1v) is 15.0. The SMILES string of the molecule is Cc1c(C#N)sc2c1c(=O)n(C(C)(C)C(=O)OC(C)(C)C)c(=O)n2CC(OC1CCOCC1)c1cc(F)ccc1OCC#N. The Bertz CT molecular complexity index is 1770. The molecule has 1 saturated heterocycles. The Hall–Kier alpha value is -4.04. The number of thiophene rings is 1. The highest BCUT2D eigenvalue weighted by molar-refractivity contribution is 7.19. The second-order valence-electron chi connectivity index (χ2n) is 12.0. The first kappa shape index (κ1) is 32.9. The van der Waals surface area contributed by atoms with Crippen molar-refractivity contribution in [1.29, 1.82) is 10.5 Å². The molecule has 1 aliphatic heterocycles. The van der Waals surface area contributed by atoms with Gasteiger partial charge in [-0.05, 0) is 78.1 Å². The molecule has 44 heavy (non-hydrogen) atoms. The Balaban J connectivity index is 1.98. The summed E-state index contributed by atoms with van der Waals surface area (Å²) in [6, 6.07) is 7.77. The number of hydrogen-bond acceptors (Lipinski definition) is 10. The standard InChI is InChI=1S/C31H35FN4O7S/c1-18-24(16-34)44-27-25(18)26(37)36(31(5,6)28(38)43-30(2,3)4)29(39)35(27)17-23(42-20-9-12-40-13-10-20)21-15-19(32)7-8-22(21)41-14-11-33/h7-8,15,20,23H,9-10,12-14,17H2,1-6H3. The van der Waals surface area contributed by atoms with Crippen molar-refractivity contribution in [2.75, 3.05) is 19.8 Å². The molecule has 13 heteroatoms. The predicted molar refractivity (Wildman–Crippen MR) is 160 cm³/mol. The lowest BCUT2D eigenvalue weighted by Crippen LogP contribution is -2.54. The summed E-state index contributed by atoms with van der Waals surface area (Å²) < 4.78 is 39.9. The van der Waals surface area contributed by atoms with E-state index in [0.29, 0.717) is 31.6 Å². The molecule has 0 N–H and O–H groups in total. The van der Waals surface area contributed by atoms with Gasteiger partial charge in [0.2, 0.25) is 0 Å². The van der Waals surface area contributed by atoms with Crippen molar-refractivity contribution in [2.24, 2.45) is 0 Å². The molecule has 1 aliphatic rings. The normalized spacial score (nSPS) is 15.0. The van der Waals surface area contributed by atoms with Gasteiger partial charge in [-0.1, -0.05) is 0 Å². The summed E-state index contributed by atoms with van der Waals surface area (Å²) in [6.45, 7) is 9.85. The third kappa shape index (κ3) is 6.70. The zero-order chi connectivity index (χ0) is 32.4. The summed E-state index contributed by atoms with van der Waals surface area (Å²) in [4.78, 5) is 42.1. The second kappa shape index (κ2) is 12.9. The molecule has 0 saturated carbocycles. The van der Waals surface area contributed by atoms with Crippen LogP contribution in [0.1, 0.15) is 69.6 Å². The van der Waals surface area contributed by atoms with Crippen LogP contribution in [-0.2, 0) is 31.1 Å². The number of carbonyl (C=O) groups excluding carboxylic acids is 1. The maximum Gasteiger partial charge on any atom is 0.333 e. The van der Waals surface area contributed by atoms with E-state index in [0.717, 1.165) is 15.9 Å². The van der Waals surface area contributed by atoms with E-state index < -0.39 is 40.3 Å². The Labute approximate surface area is 257 Å². The lowest BCUT2D eigenvalue weighted by atomic mass is 10.0. The molecule has 0 radical (unpaired) electrons. The van der Waals surface area contributed by atoms with E-state index in [2.05, 4.69) is 6.07 Å². The maximum absolute atomic E-state index is 14.7.